The quantitative estimate of drug-likeness (QED) is 0.879. The molecule has 3 heteroatoms. The molecule has 1 fully saturated rings. The number of rotatable bonds is 2. The number of hydrogen-bond donors (Lipinski definition) is 1. The van der Waals surface area contributed by atoms with E-state index in [9.17, 15) is 9.50 Å². The average molecular weight is 265 g/mol. The van der Waals surface area contributed by atoms with Crippen LogP contribution in [0.4, 0.5) is 4.39 Å². The lowest BCUT2D eigenvalue weighted by Crippen LogP contribution is -2.37. The highest BCUT2D eigenvalue weighted by Crippen LogP contribution is 2.34. The first-order valence-corrected chi connectivity index (χ1v) is 7.06. The molecule has 0 saturated carbocycles. The SMILES string of the molecule is CC(C)(C)C1CCN(Cc2ccc(O)c(F)c2)CC1. The molecule has 2 rings (SSSR count). The van der Waals surface area contributed by atoms with E-state index in [-0.39, 0.29) is 5.75 Å². The minimum absolute atomic E-state index is 0.268. The van der Waals surface area contributed by atoms with E-state index < -0.39 is 5.82 Å². The predicted octanol–water partition coefficient (Wildman–Crippen LogP) is 3.79. The number of piperidine rings is 1. The molecule has 0 spiro atoms. The van der Waals surface area contributed by atoms with Crippen molar-refractivity contribution in [3.63, 3.8) is 0 Å². The lowest BCUT2D eigenvalue weighted by molar-refractivity contribution is 0.108. The Hall–Kier alpha value is -1.09. The van der Waals surface area contributed by atoms with Gasteiger partial charge in [0.05, 0.1) is 0 Å². The second kappa shape index (κ2) is 5.49. The fraction of sp³-hybridized carbons (Fsp3) is 0.625. The number of nitrogens with zero attached hydrogens (tertiary/aromatic N) is 1. The van der Waals surface area contributed by atoms with E-state index in [2.05, 4.69) is 25.7 Å². The minimum atomic E-state index is -0.526. The van der Waals surface area contributed by atoms with Gasteiger partial charge in [-0.05, 0) is 55.0 Å². The maximum atomic E-state index is 13.3. The number of phenols is 1. The van der Waals surface area contributed by atoms with Crippen molar-refractivity contribution in [2.75, 3.05) is 13.1 Å². The monoisotopic (exact) mass is 265 g/mol. The zero-order valence-corrected chi connectivity index (χ0v) is 12.1. The molecule has 1 heterocycles. The Kier molecular flexibility index (Phi) is 4.14. The molecular formula is C16H24FNO. The lowest BCUT2D eigenvalue weighted by Gasteiger charge is -2.38. The van der Waals surface area contributed by atoms with Crippen molar-refractivity contribution in [3.05, 3.63) is 29.6 Å². The summed E-state index contributed by atoms with van der Waals surface area (Å²) in [5, 5.41) is 9.19. The van der Waals surface area contributed by atoms with Crippen LogP contribution in [0.15, 0.2) is 18.2 Å². The predicted molar refractivity (Wildman–Crippen MR) is 75.5 cm³/mol. The van der Waals surface area contributed by atoms with Crippen LogP contribution in [0.2, 0.25) is 0 Å². The van der Waals surface area contributed by atoms with E-state index >= 15 is 0 Å². The standard InChI is InChI=1S/C16H24FNO/c1-16(2,3)13-6-8-18(9-7-13)11-12-4-5-15(19)14(17)10-12/h4-5,10,13,19H,6-9,11H2,1-3H3. The van der Waals surface area contributed by atoms with Crippen molar-refractivity contribution in [3.8, 4) is 5.75 Å². The van der Waals surface area contributed by atoms with Gasteiger partial charge in [-0.3, -0.25) is 4.90 Å². The summed E-state index contributed by atoms with van der Waals surface area (Å²) in [6.45, 7) is 9.84. The molecule has 0 atom stereocenters. The van der Waals surface area contributed by atoms with Crippen LogP contribution in [0, 0.1) is 17.2 Å². The van der Waals surface area contributed by atoms with E-state index in [0.29, 0.717) is 5.41 Å². The van der Waals surface area contributed by atoms with Crippen molar-refractivity contribution in [2.45, 2.75) is 40.2 Å². The maximum absolute atomic E-state index is 13.3. The van der Waals surface area contributed by atoms with Crippen LogP contribution in [0.25, 0.3) is 0 Å². The van der Waals surface area contributed by atoms with Crippen molar-refractivity contribution in [2.24, 2.45) is 11.3 Å². The molecule has 2 nitrogen and oxygen atoms in total. The van der Waals surface area contributed by atoms with Gasteiger partial charge in [-0.25, -0.2) is 4.39 Å². The molecule has 1 saturated heterocycles. The number of likely N-dealkylation sites (tertiary alicyclic amines) is 1. The minimum Gasteiger partial charge on any atom is -0.505 e. The Morgan fingerprint density at radius 2 is 1.89 bits per heavy atom. The molecule has 0 aliphatic carbocycles. The summed E-state index contributed by atoms with van der Waals surface area (Å²) in [5.74, 6) is -0.0161. The molecular weight excluding hydrogens is 241 g/mol. The first-order valence-electron chi connectivity index (χ1n) is 7.06. The van der Waals surface area contributed by atoms with E-state index in [1.54, 1.807) is 6.07 Å². The molecule has 1 aromatic rings. The van der Waals surface area contributed by atoms with Gasteiger partial charge in [0, 0.05) is 6.54 Å². The summed E-state index contributed by atoms with van der Waals surface area (Å²) in [4.78, 5) is 2.37. The highest BCUT2D eigenvalue weighted by Gasteiger charge is 2.28. The third-order valence-electron chi connectivity index (χ3n) is 4.23. The number of benzene rings is 1. The Bertz CT molecular complexity index is 431. The van der Waals surface area contributed by atoms with Gasteiger partial charge in [0.15, 0.2) is 11.6 Å². The number of aromatic hydroxyl groups is 1. The molecule has 1 N–H and O–H groups in total. The highest BCUT2D eigenvalue weighted by molar-refractivity contribution is 5.27. The van der Waals surface area contributed by atoms with E-state index in [1.165, 1.54) is 25.0 Å². The van der Waals surface area contributed by atoms with Crippen LogP contribution in [0.1, 0.15) is 39.2 Å². The van der Waals surface area contributed by atoms with Crippen LogP contribution in [-0.2, 0) is 6.54 Å². The zero-order chi connectivity index (χ0) is 14.0. The summed E-state index contributed by atoms with van der Waals surface area (Å²) in [6.07, 6.45) is 2.42. The molecule has 106 valence electrons. The molecule has 0 amide bonds. The molecule has 0 unspecified atom stereocenters. The highest BCUT2D eigenvalue weighted by atomic mass is 19.1. The normalized spacial score (nSPS) is 18.7. The van der Waals surface area contributed by atoms with Crippen molar-refractivity contribution in [1.82, 2.24) is 4.90 Å². The van der Waals surface area contributed by atoms with E-state index in [4.69, 9.17) is 0 Å². The molecule has 19 heavy (non-hydrogen) atoms. The van der Waals surface area contributed by atoms with Gasteiger partial charge >= 0.3 is 0 Å². The fourth-order valence-corrected chi connectivity index (χ4v) is 2.86. The van der Waals surface area contributed by atoms with Crippen LogP contribution >= 0.6 is 0 Å². The van der Waals surface area contributed by atoms with E-state index in [0.717, 1.165) is 31.1 Å². The van der Waals surface area contributed by atoms with Gasteiger partial charge < -0.3 is 5.11 Å². The molecule has 0 radical (unpaired) electrons. The second-order valence-corrected chi connectivity index (χ2v) is 6.70. The summed E-state index contributed by atoms with van der Waals surface area (Å²) >= 11 is 0. The Labute approximate surface area is 115 Å². The Morgan fingerprint density at radius 1 is 1.26 bits per heavy atom. The smallest absolute Gasteiger partial charge is 0.165 e. The van der Waals surface area contributed by atoms with Gasteiger partial charge in [0.1, 0.15) is 0 Å². The number of phenolic OH excluding ortho intramolecular Hbond substituents is 1. The lowest BCUT2D eigenvalue weighted by atomic mass is 9.75. The van der Waals surface area contributed by atoms with Gasteiger partial charge in [0.25, 0.3) is 0 Å². The largest absolute Gasteiger partial charge is 0.505 e. The maximum Gasteiger partial charge on any atom is 0.165 e. The summed E-state index contributed by atoms with van der Waals surface area (Å²) in [6, 6.07) is 4.67. The van der Waals surface area contributed by atoms with E-state index in [1.807, 2.05) is 0 Å². The summed E-state index contributed by atoms with van der Waals surface area (Å²) in [5.41, 5.74) is 1.32. The first-order chi connectivity index (χ1) is 8.86. The Balaban J connectivity index is 1.90. The van der Waals surface area contributed by atoms with Gasteiger partial charge in [0.2, 0.25) is 0 Å². The Morgan fingerprint density at radius 3 is 2.42 bits per heavy atom. The third-order valence-corrected chi connectivity index (χ3v) is 4.23. The number of halogens is 1. The fourth-order valence-electron chi connectivity index (χ4n) is 2.86. The van der Waals surface area contributed by atoms with Gasteiger partial charge in [-0.2, -0.15) is 0 Å². The summed E-state index contributed by atoms with van der Waals surface area (Å²) < 4.78 is 13.3. The van der Waals surface area contributed by atoms with Crippen molar-refractivity contribution in [1.29, 1.82) is 0 Å². The van der Waals surface area contributed by atoms with Crippen molar-refractivity contribution < 1.29 is 9.50 Å². The molecule has 1 aliphatic heterocycles. The van der Waals surface area contributed by atoms with Crippen LogP contribution in [-0.4, -0.2) is 23.1 Å². The summed E-state index contributed by atoms with van der Waals surface area (Å²) in [7, 11) is 0. The topological polar surface area (TPSA) is 23.5 Å². The molecule has 1 aromatic carbocycles. The molecule has 0 aromatic heterocycles. The first kappa shape index (κ1) is 14.3. The third kappa shape index (κ3) is 3.69. The molecule has 0 bridgehead atoms. The number of hydrogen-bond acceptors (Lipinski definition) is 2. The van der Waals surface area contributed by atoms with Gasteiger partial charge in [-0.15, -0.1) is 0 Å². The van der Waals surface area contributed by atoms with Gasteiger partial charge in [-0.1, -0.05) is 26.8 Å². The second-order valence-electron chi connectivity index (χ2n) is 6.70. The zero-order valence-electron chi connectivity index (χ0n) is 12.1. The molecule has 1 aliphatic rings. The van der Waals surface area contributed by atoms with Crippen LogP contribution < -0.4 is 0 Å². The average Bonchev–Trinajstić information content (AvgIpc) is 2.33. The van der Waals surface area contributed by atoms with Crippen LogP contribution in [0.3, 0.4) is 0 Å². The van der Waals surface area contributed by atoms with Crippen molar-refractivity contribution >= 4 is 0 Å². The van der Waals surface area contributed by atoms with Crippen LogP contribution in [0.5, 0.6) is 5.75 Å².